The quantitative estimate of drug-likeness (QED) is 0.806. The highest BCUT2D eigenvalue weighted by atomic mass is 32.2. The molecule has 2 heterocycles. The minimum Gasteiger partial charge on any atom is -0.338 e. The van der Waals surface area contributed by atoms with Gasteiger partial charge in [0.15, 0.2) is 5.82 Å². The van der Waals surface area contributed by atoms with Gasteiger partial charge in [-0.3, -0.25) is 4.90 Å². The van der Waals surface area contributed by atoms with E-state index < -0.39 is 10.2 Å². The molecule has 0 saturated carbocycles. The van der Waals surface area contributed by atoms with Gasteiger partial charge in [-0.25, -0.2) is 9.86 Å². The first-order valence-corrected chi connectivity index (χ1v) is 9.01. The summed E-state index contributed by atoms with van der Waals surface area (Å²) in [6.07, 6.45) is 1.99. The third kappa shape index (κ3) is 5.31. The van der Waals surface area contributed by atoms with Gasteiger partial charge in [0.2, 0.25) is 5.89 Å². The topological polar surface area (TPSA) is 114 Å². The Balaban J connectivity index is 1.89. The van der Waals surface area contributed by atoms with Crippen molar-refractivity contribution in [3.63, 3.8) is 0 Å². The fourth-order valence-electron chi connectivity index (χ4n) is 2.51. The van der Waals surface area contributed by atoms with Crippen molar-refractivity contribution in [1.82, 2.24) is 19.8 Å². The first-order valence-electron chi connectivity index (χ1n) is 7.46. The fraction of sp³-hybridized carbons (Fsp3) is 0.846. The Morgan fingerprint density at radius 1 is 1.45 bits per heavy atom. The fourth-order valence-corrected chi connectivity index (χ4v) is 2.98. The van der Waals surface area contributed by atoms with Crippen molar-refractivity contribution < 1.29 is 12.9 Å². The second-order valence-electron chi connectivity index (χ2n) is 6.90. The molecule has 0 spiro atoms. The number of aromatic nitrogens is 2. The SMILES string of the molecule is CC(C)(C)c1noc(CN2CCC[C@H](CNS(N)(=O)=O)C2)n1. The van der Waals surface area contributed by atoms with Crippen molar-refractivity contribution in [1.29, 1.82) is 0 Å². The zero-order chi connectivity index (χ0) is 16.4. The van der Waals surface area contributed by atoms with Crippen LogP contribution in [-0.2, 0) is 22.2 Å². The lowest BCUT2D eigenvalue weighted by molar-refractivity contribution is 0.151. The molecule has 22 heavy (non-hydrogen) atoms. The van der Waals surface area contributed by atoms with Crippen molar-refractivity contribution in [2.75, 3.05) is 19.6 Å². The molecule has 1 saturated heterocycles. The molecular formula is C13H25N5O3S. The monoisotopic (exact) mass is 331 g/mol. The Labute approximate surface area is 131 Å². The molecule has 1 aliphatic rings. The van der Waals surface area contributed by atoms with Gasteiger partial charge in [-0.1, -0.05) is 25.9 Å². The Morgan fingerprint density at radius 3 is 2.77 bits per heavy atom. The van der Waals surface area contributed by atoms with E-state index in [0.717, 1.165) is 25.9 Å². The van der Waals surface area contributed by atoms with Crippen LogP contribution in [0.2, 0.25) is 0 Å². The summed E-state index contributed by atoms with van der Waals surface area (Å²) in [7, 11) is -3.62. The summed E-state index contributed by atoms with van der Waals surface area (Å²) in [6.45, 7) is 8.81. The first kappa shape index (κ1) is 17.3. The zero-order valence-corrected chi connectivity index (χ0v) is 14.2. The molecule has 0 radical (unpaired) electrons. The minimum atomic E-state index is -3.62. The van der Waals surface area contributed by atoms with E-state index in [0.29, 0.717) is 24.8 Å². The molecule has 1 aromatic rings. The largest absolute Gasteiger partial charge is 0.338 e. The Kier molecular flexibility index (Phi) is 5.21. The molecule has 1 aromatic heterocycles. The number of piperidine rings is 1. The van der Waals surface area contributed by atoms with Crippen LogP contribution < -0.4 is 9.86 Å². The average Bonchev–Trinajstić information content (AvgIpc) is 2.84. The standard InChI is InChI=1S/C13H25N5O3S/c1-13(2,3)12-16-11(21-17-12)9-18-6-4-5-10(8-18)7-15-22(14,19)20/h10,15H,4-9H2,1-3H3,(H2,14,19,20)/t10-/m1/s1. The van der Waals surface area contributed by atoms with Crippen molar-refractivity contribution in [3.8, 4) is 0 Å². The molecule has 2 rings (SSSR count). The second kappa shape index (κ2) is 6.61. The van der Waals surface area contributed by atoms with Crippen LogP contribution in [0, 0.1) is 5.92 Å². The van der Waals surface area contributed by atoms with E-state index in [2.05, 4.69) is 19.8 Å². The van der Waals surface area contributed by atoms with Gasteiger partial charge in [-0.2, -0.15) is 13.4 Å². The van der Waals surface area contributed by atoms with E-state index in [1.165, 1.54) is 0 Å². The van der Waals surface area contributed by atoms with Crippen LogP contribution in [0.5, 0.6) is 0 Å². The third-order valence-corrected chi connectivity index (χ3v) is 4.24. The molecule has 0 bridgehead atoms. The lowest BCUT2D eigenvalue weighted by Gasteiger charge is -2.31. The van der Waals surface area contributed by atoms with E-state index in [1.807, 2.05) is 20.8 Å². The smallest absolute Gasteiger partial charge is 0.274 e. The van der Waals surface area contributed by atoms with Crippen LogP contribution in [0.4, 0.5) is 0 Å². The number of likely N-dealkylation sites (tertiary alicyclic amines) is 1. The predicted molar refractivity (Wildman–Crippen MR) is 82.1 cm³/mol. The minimum absolute atomic E-state index is 0.133. The predicted octanol–water partition coefficient (Wildman–Crippen LogP) is 0.372. The summed E-state index contributed by atoms with van der Waals surface area (Å²) in [5.41, 5.74) is -0.133. The van der Waals surface area contributed by atoms with Gasteiger partial charge in [-0.05, 0) is 25.3 Å². The van der Waals surface area contributed by atoms with Crippen LogP contribution in [0.25, 0.3) is 0 Å². The van der Waals surface area contributed by atoms with Crippen molar-refractivity contribution >= 4 is 10.2 Å². The number of nitrogens with zero attached hydrogens (tertiary/aromatic N) is 3. The van der Waals surface area contributed by atoms with Crippen molar-refractivity contribution in [2.45, 2.75) is 45.6 Å². The Hall–Kier alpha value is -1.03. The van der Waals surface area contributed by atoms with Gasteiger partial charge >= 0.3 is 0 Å². The molecule has 0 amide bonds. The number of rotatable bonds is 5. The maximum absolute atomic E-state index is 11.0. The molecule has 0 unspecified atom stereocenters. The van der Waals surface area contributed by atoms with Crippen LogP contribution in [0.1, 0.15) is 45.3 Å². The molecule has 8 nitrogen and oxygen atoms in total. The summed E-state index contributed by atoms with van der Waals surface area (Å²) in [6, 6.07) is 0. The summed E-state index contributed by atoms with van der Waals surface area (Å²) in [5.74, 6) is 1.55. The molecule has 9 heteroatoms. The number of nitrogens with one attached hydrogen (secondary N) is 1. The first-order chi connectivity index (χ1) is 10.1. The van der Waals surface area contributed by atoms with Gasteiger partial charge in [-0.15, -0.1) is 0 Å². The highest BCUT2D eigenvalue weighted by Crippen LogP contribution is 2.21. The van der Waals surface area contributed by atoms with Gasteiger partial charge in [0.05, 0.1) is 6.54 Å². The second-order valence-corrected chi connectivity index (χ2v) is 8.28. The van der Waals surface area contributed by atoms with E-state index in [-0.39, 0.29) is 11.3 Å². The zero-order valence-electron chi connectivity index (χ0n) is 13.4. The third-order valence-electron chi connectivity index (χ3n) is 3.67. The Bertz CT molecular complexity index is 593. The summed E-state index contributed by atoms with van der Waals surface area (Å²) >= 11 is 0. The van der Waals surface area contributed by atoms with Crippen LogP contribution in [0.15, 0.2) is 4.52 Å². The number of hydrogen-bond acceptors (Lipinski definition) is 6. The lowest BCUT2D eigenvalue weighted by Crippen LogP contribution is -2.42. The average molecular weight is 331 g/mol. The van der Waals surface area contributed by atoms with Crippen molar-refractivity contribution in [3.05, 3.63) is 11.7 Å². The van der Waals surface area contributed by atoms with Gasteiger partial charge < -0.3 is 4.52 Å². The maximum Gasteiger partial charge on any atom is 0.274 e. The molecule has 0 aromatic carbocycles. The van der Waals surface area contributed by atoms with E-state index >= 15 is 0 Å². The number of nitrogens with two attached hydrogens (primary N) is 1. The van der Waals surface area contributed by atoms with Gasteiger partial charge in [0.1, 0.15) is 0 Å². The lowest BCUT2D eigenvalue weighted by atomic mass is 9.96. The van der Waals surface area contributed by atoms with E-state index in [4.69, 9.17) is 9.66 Å². The summed E-state index contributed by atoms with van der Waals surface area (Å²) < 4.78 is 29.6. The maximum atomic E-state index is 11.0. The van der Waals surface area contributed by atoms with E-state index in [9.17, 15) is 8.42 Å². The molecule has 126 valence electrons. The van der Waals surface area contributed by atoms with E-state index in [1.54, 1.807) is 0 Å². The van der Waals surface area contributed by atoms with Crippen LogP contribution >= 0.6 is 0 Å². The van der Waals surface area contributed by atoms with Gasteiger partial charge in [0, 0.05) is 18.5 Å². The van der Waals surface area contributed by atoms with Crippen LogP contribution in [0.3, 0.4) is 0 Å². The van der Waals surface area contributed by atoms with Crippen molar-refractivity contribution in [2.24, 2.45) is 11.1 Å². The molecule has 1 fully saturated rings. The summed E-state index contributed by atoms with van der Waals surface area (Å²) in [5, 5.41) is 8.99. The molecule has 3 N–H and O–H groups in total. The Morgan fingerprint density at radius 2 is 2.18 bits per heavy atom. The summed E-state index contributed by atoms with van der Waals surface area (Å²) in [4.78, 5) is 6.64. The van der Waals surface area contributed by atoms with Crippen LogP contribution in [-0.4, -0.2) is 43.1 Å². The highest BCUT2D eigenvalue weighted by molar-refractivity contribution is 7.87. The molecular weight excluding hydrogens is 306 g/mol. The number of hydrogen-bond donors (Lipinski definition) is 2. The normalized spacial score (nSPS) is 21.2. The highest BCUT2D eigenvalue weighted by Gasteiger charge is 2.25. The molecule has 1 aliphatic heterocycles. The van der Waals surface area contributed by atoms with Gasteiger partial charge in [0.25, 0.3) is 10.2 Å². The molecule has 1 atom stereocenters. The molecule has 0 aliphatic carbocycles.